The van der Waals surface area contributed by atoms with Crippen LogP contribution in [0.2, 0.25) is 0 Å². The molecule has 0 aromatic rings. The SMILES string of the molecule is CC(=O)O[C@H]1CC[C@@]2(C)[C@H](CC[C@@H]3[C@@H]2CC[C@]2(C)[C@@H](C4=CC(=O)N[C@@H]4O)[C@@H](OC(C)=O)C[C@]32O)C1. The van der Waals surface area contributed by atoms with Crippen molar-refractivity contribution in [3.05, 3.63) is 11.6 Å². The van der Waals surface area contributed by atoms with Crippen molar-refractivity contribution >= 4 is 17.8 Å². The summed E-state index contributed by atoms with van der Waals surface area (Å²) in [4.78, 5) is 35.6. The molecule has 0 spiro atoms. The lowest BCUT2D eigenvalue weighted by molar-refractivity contribution is -0.210. The third-order valence-corrected chi connectivity index (χ3v) is 10.7. The van der Waals surface area contributed by atoms with Gasteiger partial charge in [0.25, 0.3) is 0 Å². The number of amides is 1. The Morgan fingerprint density at radius 3 is 2.37 bits per heavy atom. The number of carbonyl (C=O) groups excluding carboxylic acids is 3. The minimum absolute atomic E-state index is 0.0240. The van der Waals surface area contributed by atoms with E-state index in [0.717, 1.165) is 44.9 Å². The second-order valence-corrected chi connectivity index (χ2v) is 12.3. The molecular formula is C27H39NO7. The fraction of sp³-hybridized carbons (Fsp3) is 0.815. The first-order chi connectivity index (χ1) is 16.4. The summed E-state index contributed by atoms with van der Waals surface area (Å²) in [6.07, 6.45) is 6.14. The summed E-state index contributed by atoms with van der Waals surface area (Å²) >= 11 is 0. The maximum Gasteiger partial charge on any atom is 0.302 e. The predicted molar refractivity (Wildman–Crippen MR) is 125 cm³/mol. The first-order valence-corrected chi connectivity index (χ1v) is 13.2. The average Bonchev–Trinajstić information content (AvgIpc) is 3.18. The van der Waals surface area contributed by atoms with Gasteiger partial charge in [-0.2, -0.15) is 0 Å². The van der Waals surface area contributed by atoms with Crippen LogP contribution in [-0.4, -0.2) is 52.1 Å². The van der Waals surface area contributed by atoms with E-state index >= 15 is 0 Å². The van der Waals surface area contributed by atoms with Gasteiger partial charge >= 0.3 is 11.9 Å². The smallest absolute Gasteiger partial charge is 0.302 e. The fourth-order valence-corrected chi connectivity index (χ4v) is 9.20. The maximum absolute atomic E-state index is 12.5. The van der Waals surface area contributed by atoms with E-state index in [0.29, 0.717) is 23.8 Å². The van der Waals surface area contributed by atoms with E-state index in [1.807, 2.05) is 0 Å². The summed E-state index contributed by atoms with van der Waals surface area (Å²) in [6.45, 7) is 7.25. The number of aliphatic hydroxyl groups excluding tert-OH is 1. The number of rotatable bonds is 3. The van der Waals surface area contributed by atoms with Crippen LogP contribution in [0.25, 0.3) is 0 Å². The van der Waals surface area contributed by atoms with Crippen molar-refractivity contribution in [2.24, 2.45) is 34.5 Å². The average molecular weight is 490 g/mol. The fourth-order valence-electron chi connectivity index (χ4n) is 9.20. The lowest BCUT2D eigenvalue weighted by Crippen LogP contribution is -2.62. The Kier molecular flexibility index (Phi) is 5.87. The van der Waals surface area contributed by atoms with Crippen molar-refractivity contribution in [2.45, 2.75) is 103 Å². The van der Waals surface area contributed by atoms with Gasteiger partial charge in [-0.3, -0.25) is 14.4 Å². The van der Waals surface area contributed by atoms with Crippen LogP contribution in [0.5, 0.6) is 0 Å². The van der Waals surface area contributed by atoms with Crippen molar-refractivity contribution in [1.82, 2.24) is 5.32 Å². The van der Waals surface area contributed by atoms with Crippen molar-refractivity contribution < 1.29 is 34.1 Å². The van der Waals surface area contributed by atoms with Crippen LogP contribution in [0, 0.1) is 34.5 Å². The zero-order valence-electron chi connectivity index (χ0n) is 21.2. The molecule has 3 N–H and O–H groups in total. The van der Waals surface area contributed by atoms with Crippen LogP contribution in [0.3, 0.4) is 0 Å². The molecule has 8 heteroatoms. The highest BCUT2D eigenvalue weighted by Crippen LogP contribution is 2.70. The lowest BCUT2D eigenvalue weighted by Gasteiger charge is -2.63. The van der Waals surface area contributed by atoms with Crippen molar-refractivity contribution in [3.8, 4) is 0 Å². The zero-order valence-corrected chi connectivity index (χ0v) is 21.2. The summed E-state index contributed by atoms with van der Waals surface area (Å²) in [7, 11) is 0. The van der Waals surface area contributed by atoms with Gasteiger partial charge in [0.1, 0.15) is 18.4 Å². The Morgan fingerprint density at radius 1 is 1.03 bits per heavy atom. The molecule has 0 bridgehead atoms. The minimum Gasteiger partial charge on any atom is -0.463 e. The number of aliphatic hydroxyl groups is 2. The summed E-state index contributed by atoms with van der Waals surface area (Å²) in [5, 5.41) is 25.7. The van der Waals surface area contributed by atoms with E-state index in [-0.39, 0.29) is 29.3 Å². The molecule has 8 nitrogen and oxygen atoms in total. The van der Waals surface area contributed by atoms with Crippen LogP contribution in [-0.2, 0) is 23.9 Å². The number of esters is 2. The largest absolute Gasteiger partial charge is 0.463 e. The zero-order chi connectivity index (χ0) is 25.3. The van der Waals surface area contributed by atoms with Gasteiger partial charge in [-0.05, 0) is 73.7 Å². The Bertz CT molecular complexity index is 963. The molecule has 5 aliphatic rings. The number of fused-ring (bicyclic) bond motifs is 5. The molecule has 0 saturated heterocycles. The monoisotopic (exact) mass is 489 g/mol. The van der Waals surface area contributed by atoms with Gasteiger partial charge in [0.05, 0.1) is 5.60 Å². The van der Waals surface area contributed by atoms with Gasteiger partial charge in [-0.25, -0.2) is 0 Å². The highest BCUT2D eigenvalue weighted by molar-refractivity contribution is 5.91. The topological polar surface area (TPSA) is 122 Å². The Hall–Kier alpha value is -1.93. The van der Waals surface area contributed by atoms with E-state index < -0.39 is 35.2 Å². The van der Waals surface area contributed by atoms with Gasteiger partial charge < -0.3 is 25.0 Å². The van der Waals surface area contributed by atoms with Crippen LogP contribution >= 0.6 is 0 Å². The molecule has 0 aromatic heterocycles. The highest BCUT2D eigenvalue weighted by atomic mass is 16.5. The molecule has 4 saturated carbocycles. The third kappa shape index (κ3) is 3.66. The molecule has 0 radical (unpaired) electrons. The van der Waals surface area contributed by atoms with Crippen molar-refractivity contribution in [3.63, 3.8) is 0 Å². The van der Waals surface area contributed by atoms with E-state index in [1.165, 1.54) is 19.9 Å². The second kappa shape index (κ2) is 8.30. The van der Waals surface area contributed by atoms with E-state index in [9.17, 15) is 24.6 Å². The van der Waals surface area contributed by atoms with Crippen LogP contribution in [0.4, 0.5) is 0 Å². The molecule has 4 aliphatic carbocycles. The number of hydrogen-bond acceptors (Lipinski definition) is 7. The maximum atomic E-state index is 12.5. The van der Waals surface area contributed by atoms with Crippen molar-refractivity contribution in [2.75, 3.05) is 0 Å². The summed E-state index contributed by atoms with van der Waals surface area (Å²) < 4.78 is 11.3. The van der Waals surface area contributed by atoms with E-state index in [2.05, 4.69) is 19.2 Å². The van der Waals surface area contributed by atoms with E-state index in [4.69, 9.17) is 9.47 Å². The quantitative estimate of drug-likeness (QED) is 0.521. The molecule has 1 amide bonds. The standard InChI is InChI=1S/C27H39NO7/c1-14(29)34-17-7-9-25(3)16(11-17)5-6-20-19(25)8-10-26(4)23(18-12-22(31)28-24(18)32)21(35-15(2)30)13-27(20,26)33/h12,16-17,19-21,23-24,32-33H,5-11,13H2,1-4H3,(H,28,31)/t16-,17+,19+,20-,21+,23+,24-,25+,26-,27+/m1/s1. The second-order valence-electron chi connectivity index (χ2n) is 12.3. The first-order valence-electron chi connectivity index (χ1n) is 13.2. The summed E-state index contributed by atoms with van der Waals surface area (Å²) in [6, 6.07) is 0. The van der Waals surface area contributed by atoms with Crippen LogP contribution < -0.4 is 5.32 Å². The number of carbonyl (C=O) groups is 3. The Morgan fingerprint density at radius 2 is 1.74 bits per heavy atom. The number of nitrogens with one attached hydrogen (secondary N) is 1. The van der Waals surface area contributed by atoms with Gasteiger partial charge in [-0.15, -0.1) is 0 Å². The molecule has 0 aromatic carbocycles. The molecule has 4 fully saturated rings. The number of ether oxygens (including phenoxy) is 2. The first kappa shape index (κ1) is 24.8. The molecular weight excluding hydrogens is 450 g/mol. The molecule has 194 valence electrons. The normalized spacial score (nSPS) is 48.7. The molecule has 10 atom stereocenters. The minimum atomic E-state index is -1.13. The predicted octanol–water partition coefficient (Wildman–Crippen LogP) is 2.61. The molecule has 0 unspecified atom stereocenters. The molecule has 1 aliphatic heterocycles. The Labute approximate surface area is 206 Å². The van der Waals surface area contributed by atoms with Gasteiger partial charge in [0.15, 0.2) is 0 Å². The Balaban J connectivity index is 1.47. The summed E-state index contributed by atoms with van der Waals surface area (Å²) in [5.41, 5.74) is -1.14. The molecule has 5 rings (SSSR count). The highest BCUT2D eigenvalue weighted by Gasteiger charge is 2.71. The van der Waals surface area contributed by atoms with Crippen LogP contribution in [0.15, 0.2) is 11.6 Å². The lowest BCUT2D eigenvalue weighted by atomic mass is 9.43. The molecule has 1 heterocycles. The van der Waals surface area contributed by atoms with E-state index in [1.54, 1.807) is 0 Å². The molecule has 35 heavy (non-hydrogen) atoms. The third-order valence-electron chi connectivity index (χ3n) is 10.7. The van der Waals surface area contributed by atoms with Gasteiger partial charge in [0.2, 0.25) is 5.91 Å². The van der Waals surface area contributed by atoms with Crippen molar-refractivity contribution in [1.29, 1.82) is 0 Å². The number of hydrogen-bond donors (Lipinski definition) is 3. The van der Waals surface area contributed by atoms with Gasteiger partial charge in [0, 0.05) is 37.7 Å². The van der Waals surface area contributed by atoms with Gasteiger partial charge in [-0.1, -0.05) is 13.8 Å². The van der Waals surface area contributed by atoms with Crippen LogP contribution in [0.1, 0.15) is 79.1 Å². The summed E-state index contributed by atoms with van der Waals surface area (Å²) in [5.74, 6) is -0.641.